The maximum absolute atomic E-state index is 6.31. The van der Waals surface area contributed by atoms with E-state index in [1.165, 1.54) is 51.4 Å². The molecular weight excluding hydrogens is 222 g/mol. The van der Waals surface area contributed by atoms with E-state index in [0.717, 1.165) is 18.4 Å². The van der Waals surface area contributed by atoms with E-state index in [9.17, 15) is 0 Å². The average molecular weight is 255 g/mol. The van der Waals surface area contributed by atoms with Gasteiger partial charge in [0.15, 0.2) is 0 Å². The smallest absolute Gasteiger partial charge is 0.0580 e. The van der Waals surface area contributed by atoms with Gasteiger partial charge in [-0.2, -0.15) is 0 Å². The van der Waals surface area contributed by atoms with E-state index in [-0.39, 0.29) is 0 Å². The van der Waals surface area contributed by atoms with Gasteiger partial charge < -0.3 is 10.5 Å². The highest BCUT2D eigenvalue weighted by Crippen LogP contribution is 2.34. The summed E-state index contributed by atoms with van der Waals surface area (Å²) in [4.78, 5) is 0. The third-order valence-electron chi connectivity index (χ3n) is 4.41. The monoisotopic (exact) mass is 255 g/mol. The first kappa shape index (κ1) is 16.0. The summed E-state index contributed by atoms with van der Waals surface area (Å²) in [7, 11) is 0. The Labute approximate surface area is 114 Å². The summed E-state index contributed by atoms with van der Waals surface area (Å²) in [6.07, 6.45) is 10.8. The molecule has 1 rings (SSSR count). The Morgan fingerprint density at radius 2 is 1.94 bits per heavy atom. The van der Waals surface area contributed by atoms with E-state index in [0.29, 0.717) is 12.1 Å². The number of unbranched alkanes of at least 4 members (excludes halogenated alkanes) is 1. The Morgan fingerprint density at radius 1 is 1.22 bits per heavy atom. The predicted molar refractivity (Wildman–Crippen MR) is 78.7 cm³/mol. The van der Waals surface area contributed by atoms with Crippen molar-refractivity contribution in [3.05, 3.63) is 0 Å². The van der Waals surface area contributed by atoms with Crippen LogP contribution in [0.1, 0.15) is 72.1 Å². The van der Waals surface area contributed by atoms with Gasteiger partial charge in [0.2, 0.25) is 0 Å². The van der Waals surface area contributed by atoms with Crippen molar-refractivity contribution in [2.45, 2.75) is 84.3 Å². The molecule has 2 heteroatoms. The zero-order chi connectivity index (χ0) is 13.4. The highest BCUT2D eigenvalue weighted by Gasteiger charge is 2.30. The van der Waals surface area contributed by atoms with Gasteiger partial charge in [0.25, 0.3) is 0 Å². The lowest BCUT2D eigenvalue weighted by atomic mass is 9.76. The lowest BCUT2D eigenvalue weighted by molar-refractivity contribution is -0.0286. The van der Waals surface area contributed by atoms with Crippen LogP contribution in [-0.4, -0.2) is 18.8 Å². The molecule has 0 spiro atoms. The predicted octanol–water partition coefficient (Wildman–Crippen LogP) is 4.13. The fourth-order valence-electron chi connectivity index (χ4n) is 3.17. The van der Waals surface area contributed by atoms with Gasteiger partial charge in [-0.25, -0.2) is 0 Å². The van der Waals surface area contributed by atoms with Crippen molar-refractivity contribution in [2.75, 3.05) is 6.61 Å². The highest BCUT2D eigenvalue weighted by atomic mass is 16.5. The molecule has 0 aromatic heterocycles. The zero-order valence-corrected chi connectivity index (χ0v) is 12.7. The van der Waals surface area contributed by atoms with Crippen molar-refractivity contribution in [2.24, 2.45) is 17.6 Å². The van der Waals surface area contributed by atoms with Crippen LogP contribution in [-0.2, 0) is 4.74 Å². The maximum atomic E-state index is 6.31. The van der Waals surface area contributed by atoms with Gasteiger partial charge in [-0.1, -0.05) is 39.5 Å². The standard InChI is InChI=1S/C16H33NO/c1-4-7-8-13(5-2)9-15(17)10-14-11-16(12-14)18-6-3/h13-16H,4-12,17H2,1-3H3. The van der Waals surface area contributed by atoms with Crippen LogP contribution in [0.3, 0.4) is 0 Å². The minimum absolute atomic E-state index is 0.416. The van der Waals surface area contributed by atoms with E-state index in [1.807, 2.05) is 0 Å². The fraction of sp³-hybridized carbons (Fsp3) is 1.00. The summed E-state index contributed by atoms with van der Waals surface area (Å²) < 4.78 is 5.60. The Balaban J connectivity index is 2.11. The second-order valence-electron chi connectivity index (χ2n) is 6.06. The molecule has 108 valence electrons. The Kier molecular flexibility index (Phi) is 7.92. The van der Waals surface area contributed by atoms with Gasteiger partial charge in [-0.15, -0.1) is 0 Å². The van der Waals surface area contributed by atoms with E-state index in [4.69, 9.17) is 10.5 Å². The van der Waals surface area contributed by atoms with Gasteiger partial charge >= 0.3 is 0 Å². The molecule has 0 bridgehead atoms. The van der Waals surface area contributed by atoms with Crippen molar-refractivity contribution in [1.29, 1.82) is 0 Å². The third kappa shape index (κ3) is 5.71. The van der Waals surface area contributed by atoms with E-state index in [1.54, 1.807) is 0 Å². The first-order valence-electron chi connectivity index (χ1n) is 8.06. The van der Waals surface area contributed by atoms with Gasteiger partial charge in [-0.05, 0) is 44.4 Å². The molecule has 0 aromatic rings. The van der Waals surface area contributed by atoms with Gasteiger partial charge in [0.1, 0.15) is 0 Å². The fourth-order valence-corrected chi connectivity index (χ4v) is 3.17. The Hall–Kier alpha value is -0.0800. The topological polar surface area (TPSA) is 35.2 Å². The summed E-state index contributed by atoms with van der Waals surface area (Å²) in [5, 5.41) is 0. The average Bonchev–Trinajstić information content (AvgIpc) is 2.31. The quantitative estimate of drug-likeness (QED) is 0.637. The SMILES string of the molecule is CCCCC(CC)CC(N)CC1CC(OCC)C1. The molecule has 1 saturated carbocycles. The number of ether oxygens (including phenoxy) is 1. The minimum atomic E-state index is 0.416. The number of hydrogen-bond acceptors (Lipinski definition) is 2. The molecule has 1 aliphatic carbocycles. The molecule has 2 unspecified atom stereocenters. The van der Waals surface area contributed by atoms with Crippen LogP contribution in [0.25, 0.3) is 0 Å². The van der Waals surface area contributed by atoms with Crippen LogP contribution in [0, 0.1) is 11.8 Å². The van der Waals surface area contributed by atoms with Crippen molar-refractivity contribution in [3.8, 4) is 0 Å². The molecule has 0 radical (unpaired) electrons. The Bertz CT molecular complexity index is 201. The van der Waals surface area contributed by atoms with Crippen LogP contribution < -0.4 is 5.73 Å². The van der Waals surface area contributed by atoms with Crippen LogP contribution in [0.15, 0.2) is 0 Å². The number of nitrogens with two attached hydrogens (primary N) is 1. The number of rotatable bonds is 10. The summed E-state index contributed by atoms with van der Waals surface area (Å²) in [5.74, 6) is 1.68. The van der Waals surface area contributed by atoms with Crippen molar-refractivity contribution >= 4 is 0 Å². The second kappa shape index (κ2) is 8.92. The van der Waals surface area contributed by atoms with Gasteiger partial charge in [-0.3, -0.25) is 0 Å². The summed E-state index contributed by atoms with van der Waals surface area (Å²) >= 11 is 0. The first-order valence-corrected chi connectivity index (χ1v) is 8.06. The largest absolute Gasteiger partial charge is 0.378 e. The molecule has 0 heterocycles. The van der Waals surface area contributed by atoms with Crippen molar-refractivity contribution in [3.63, 3.8) is 0 Å². The zero-order valence-electron chi connectivity index (χ0n) is 12.7. The van der Waals surface area contributed by atoms with Crippen LogP contribution in [0.4, 0.5) is 0 Å². The van der Waals surface area contributed by atoms with Crippen LogP contribution in [0.2, 0.25) is 0 Å². The minimum Gasteiger partial charge on any atom is -0.378 e. The highest BCUT2D eigenvalue weighted by molar-refractivity contribution is 4.83. The van der Waals surface area contributed by atoms with Crippen LogP contribution in [0.5, 0.6) is 0 Å². The van der Waals surface area contributed by atoms with Gasteiger partial charge in [0, 0.05) is 12.6 Å². The van der Waals surface area contributed by atoms with Crippen molar-refractivity contribution in [1.82, 2.24) is 0 Å². The lowest BCUT2D eigenvalue weighted by Gasteiger charge is -2.36. The molecule has 2 atom stereocenters. The molecule has 0 aliphatic heterocycles. The molecule has 1 aliphatic rings. The summed E-state index contributed by atoms with van der Waals surface area (Å²) in [6.45, 7) is 7.52. The Morgan fingerprint density at radius 3 is 2.50 bits per heavy atom. The molecule has 0 saturated heterocycles. The molecule has 1 fully saturated rings. The molecule has 0 amide bonds. The molecule has 2 N–H and O–H groups in total. The third-order valence-corrected chi connectivity index (χ3v) is 4.41. The normalized spacial score (nSPS) is 26.7. The van der Waals surface area contributed by atoms with Crippen molar-refractivity contribution < 1.29 is 4.74 Å². The van der Waals surface area contributed by atoms with E-state index < -0.39 is 0 Å². The van der Waals surface area contributed by atoms with E-state index in [2.05, 4.69) is 20.8 Å². The summed E-state index contributed by atoms with van der Waals surface area (Å²) in [6, 6.07) is 0.416. The lowest BCUT2D eigenvalue weighted by Crippen LogP contribution is -2.36. The van der Waals surface area contributed by atoms with Crippen LogP contribution >= 0.6 is 0 Å². The van der Waals surface area contributed by atoms with E-state index >= 15 is 0 Å². The molecule has 2 nitrogen and oxygen atoms in total. The first-order chi connectivity index (χ1) is 8.69. The molecule has 18 heavy (non-hydrogen) atoms. The molecule has 0 aromatic carbocycles. The van der Waals surface area contributed by atoms with Gasteiger partial charge in [0.05, 0.1) is 6.10 Å². The number of hydrogen-bond donors (Lipinski definition) is 1. The summed E-state index contributed by atoms with van der Waals surface area (Å²) in [5.41, 5.74) is 6.31. The second-order valence-corrected chi connectivity index (χ2v) is 6.06. The maximum Gasteiger partial charge on any atom is 0.0580 e. The molecular formula is C16H33NO.